The second-order valence-corrected chi connectivity index (χ2v) is 12.1. The molecule has 0 N–H and O–H groups in total. The number of hydrogen-bond donors (Lipinski definition) is 0. The molecule has 3 heteroatoms. The van der Waals surface area contributed by atoms with E-state index in [9.17, 15) is 0 Å². The van der Waals surface area contributed by atoms with E-state index in [-0.39, 0.29) is 35.6 Å². The Morgan fingerprint density at radius 3 is 1.84 bits per heavy atom. The van der Waals surface area contributed by atoms with E-state index in [2.05, 4.69) is 113 Å². The topological polar surface area (TPSA) is 0 Å². The summed E-state index contributed by atoms with van der Waals surface area (Å²) < 4.78 is 2.19. The third-order valence-electron chi connectivity index (χ3n) is 6.33. The van der Waals surface area contributed by atoms with Gasteiger partial charge in [-0.3, -0.25) is 0 Å². The Morgan fingerprint density at radius 1 is 0.784 bits per heavy atom. The molecule has 0 saturated carbocycles. The Balaban J connectivity index is 0.000000354. The molecule has 0 aromatic heterocycles. The fourth-order valence-corrected chi connectivity index (χ4v) is 4.44. The molecule has 0 aliphatic heterocycles. The number of fused-ring (bicyclic) bond motifs is 3. The van der Waals surface area contributed by atoms with Crippen molar-refractivity contribution in [3.63, 3.8) is 0 Å². The molecule has 4 aromatic rings. The summed E-state index contributed by atoms with van der Waals surface area (Å²) in [6.45, 7) is 15.7. The summed E-state index contributed by atoms with van der Waals surface area (Å²) in [5, 5.41) is 0. The van der Waals surface area contributed by atoms with Crippen LogP contribution in [0.25, 0.3) is 11.1 Å². The molecule has 0 amide bonds. The van der Waals surface area contributed by atoms with Gasteiger partial charge in [0.25, 0.3) is 0 Å². The van der Waals surface area contributed by atoms with E-state index in [1.54, 1.807) is 0 Å². The number of benzene rings is 3. The molecule has 194 valence electrons. The Kier molecular flexibility index (Phi) is 13.1. The first kappa shape index (κ1) is 33.4. The maximum atomic E-state index is 3.53. The molecule has 0 radical (unpaired) electrons. The molecule has 0 heterocycles. The summed E-state index contributed by atoms with van der Waals surface area (Å²) in [5.41, 5.74) is 11.4. The first-order valence-electron chi connectivity index (χ1n) is 12.4. The summed E-state index contributed by atoms with van der Waals surface area (Å²) >= 11 is 1.47. The first-order chi connectivity index (χ1) is 16.5. The molecular formula is C34H38Cl2Zr-2. The molecule has 0 atom stereocenters. The van der Waals surface area contributed by atoms with Gasteiger partial charge >= 0.3 is 70.3 Å². The van der Waals surface area contributed by atoms with Crippen LogP contribution in [0.3, 0.4) is 0 Å². The summed E-state index contributed by atoms with van der Waals surface area (Å²) in [5.74, 6) is 0. The van der Waals surface area contributed by atoms with Crippen molar-refractivity contribution in [2.45, 2.75) is 65.7 Å². The minimum Gasteiger partial charge on any atom is -1.00 e. The largest absolute Gasteiger partial charge is 1.00 e. The van der Waals surface area contributed by atoms with Crippen LogP contribution in [0.15, 0.2) is 84.9 Å². The van der Waals surface area contributed by atoms with Gasteiger partial charge in [-0.25, -0.2) is 12.1 Å². The smallest absolute Gasteiger partial charge is 0.172 e. The number of halogens is 2. The standard InChI is InChI=1S/C21H25.C8H8.C5H5.2ClH.Zr/c1-20(2,3)16-9-7-14-11-15-8-10-17(21(4,5)6)13-19(15)18(14)12-16;1-7-3-5-8(2)6-4-7;1-2-4-5-3-1;;;/h7,9-10,12-13H,11H2,1-6H3;1,3-6H,2H3;1-5H;2*1H;/q-1;;-1;;;+2/p-2. The minimum absolute atomic E-state index is 0. The van der Waals surface area contributed by atoms with Gasteiger partial charge in [-0.05, 0) is 17.4 Å². The van der Waals surface area contributed by atoms with Crippen molar-refractivity contribution in [3.8, 4) is 11.1 Å². The van der Waals surface area contributed by atoms with Gasteiger partial charge in [-0.2, -0.15) is 47.5 Å². The quantitative estimate of drug-likeness (QED) is 0.257. The summed E-state index contributed by atoms with van der Waals surface area (Å²) in [4.78, 5) is 0. The van der Waals surface area contributed by atoms with Crippen molar-refractivity contribution in [2.24, 2.45) is 0 Å². The van der Waals surface area contributed by atoms with E-state index in [1.165, 1.54) is 68.7 Å². The molecule has 1 aliphatic rings. The van der Waals surface area contributed by atoms with Crippen LogP contribution in [-0.4, -0.2) is 3.71 Å². The van der Waals surface area contributed by atoms with Gasteiger partial charge in [0.05, 0.1) is 0 Å². The van der Waals surface area contributed by atoms with Gasteiger partial charge in [0.2, 0.25) is 0 Å². The number of aryl methyl sites for hydroxylation is 1. The van der Waals surface area contributed by atoms with Crippen molar-refractivity contribution in [3.05, 3.63) is 124 Å². The van der Waals surface area contributed by atoms with Crippen molar-refractivity contribution < 1.29 is 49.0 Å². The maximum absolute atomic E-state index is 3.53. The maximum Gasteiger partial charge on any atom is -0.172 e. The van der Waals surface area contributed by atoms with Gasteiger partial charge in [0, 0.05) is 0 Å². The first-order valence-corrected chi connectivity index (χ1v) is 13.8. The predicted octanol–water partition coefficient (Wildman–Crippen LogP) is 2.76. The van der Waals surface area contributed by atoms with E-state index >= 15 is 0 Å². The third kappa shape index (κ3) is 9.55. The molecule has 1 aliphatic carbocycles. The molecular weight excluding hydrogens is 571 g/mol. The second kappa shape index (κ2) is 14.5. The zero-order valence-corrected chi connectivity index (χ0v) is 27.1. The van der Waals surface area contributed by atoms with E-state index in [0.717, 1.165) is 6.42 Å². The average Bonchev–Trinajstić information content (AvgIpc) is 3.50. The van der Waals surface area contributed by atoms with Crippen LogP contribution < -0.4 is 24.8 Å². The molecule has 0 bridgehead atoms. The number of rotatable bonds is 1. The Morgan fingerprint density at radius 2 is 1.35 bits per heavy atom. The zero-order valence-electron chi connectivity index (χ0n) is 23.1. The monoisotopic (exact) mass is 606 g/mol. The Bertz CT molecular complexity index is 1160. The SMILES string of the molecule is CC(C)(C)c1c[c-]c2c(c1)-c1cc(C(C)(C)C)ccc1C2.Cc1ccc([CH]=[Zr+2])cc1.[Cl-].[Cl-].c1cc[cH-]c1. The van der Waals surface area contributed by atoms with Crippen LogP contribution in [0.5, 0.6) is 0 Å². The summed E-state index contributed by atoms with van der Waals surface area (Å²) in [7, 11) is 0. The van der Waals surface area contributed by atoms with Gasteiger partial charge in [-0.15, -0.1) is 5.56 Å². The van der Waals surface area contributed by atoms with Crippen LogP contribution in [0.2, 0.25) is 0 Å². The fraction of sp³-hybridized carbons (Fsp3) is 0.294. The van der Waals surface area contributed by atoms with Crippen LogP contribution in [0, 0.1) is 13.0 Å². The van der Waals surface area contributed by atoms with Gasteiger partial charge in [-0.1, -0.05) is 76.3 Å². The molecule has 37 heavy (non-hydrogen) atoms. The molecule has 0 saturated heterocycles. The number of hydrogen-bond acceptors (Lipinski definition) is 0. The molecule has 0 nitrogen and oxygen atoms in total. The fourth-order valence-electron chi connectivity index (χ4n) is 3.97. The molecule has 0 spiro atoms. The van der Waals surface area contributed by atoms with Crippen molar-refractivity contribution in [1.82, 2.24) is 0 Å². The van der Waals surface area contributed by atoms with Crippen LogP contribution in [0.1, 0.15) is 74.9 Å². The van der Waals surface area contributed by atoms with E-state index < -0.39 is 0 Å². The van der Waals surface area contributed by atoms with Gasteiger partial charge < -0.3 is 24.8 Å². The van der Waals surface area contributed by atoms with Crippen LogP contribution >= 0.6 is 0 Å². The van der Waals surface area contributed by atoms with Crippen LogP contribution in [0.4, 0.5) is 0 Å². The third-order valence-corrected chi connectivity index (χ3v) is 7.15. The normalized spacial score (nSPS) is 11.3. The van der Waals surface area contributed by atoms with Crippen LogP contribution in [-0.2, 0) is 41.5 Å². The molecule has 4 aromatic carbocycles. The predicted molar refractivity (Wildman–Crippen MR) is 149 cm³/mol. The Hall–Kier alpha value is -1.66. The van der Waals surface area contributed by atoms with Crippen molar-refractivity contribution in [1.29, 1.82) is 0 Å². The van der Waals surface area contributed by atoms with Crippen molar-refractivity contribution >= 4 is 3.71 Å². The Labute approximate surface area is 252 Å². The average molecular weight is 609 g/mol. The second-order valence-electron chi connectivity index (χ2n) is 11.3. The summed E-state index contributed by atoms with van der Waals surface area (Å²) in [6, 6.07) is 33.6. The van der Waals surface area contributed by atoms with E-state index in [4.69, 9.17) is 0 Å². The molecule has 5 rings (SSSR count). The van der Waals surface area contributed by atoms with Crippen molar-refractivity contribution in [2.75, 3.05) is 0 Å². The van der Waals surface area contributed by atoms with Gasteiger partial charge in [0.1, 0.15) is 0 Å². The zero-order chi connectivity index (χ0) is 25.6. The van der Waals surface area contributed by atoms with E-state index in [1.807, 2.05) is 30.3 Å². The van der Waals surface area contributed by atoms with E-state index in [0.29, 0.717) is 0 Å². The minimum atomic E-state index is 0. The summed E-state index contributed by atoms with van der Waals surface area (Å²) in [6.07, 6.45) is 1.03. The van der Waals surface area contributed by atoms with Gasteiger partial charge in [0.15, 0.2) is 0 Å². The molecule has 0 unspecified atom stereocenters. The molecule has 0 fully saturated rings.